The number of nitrogens with zero attached hydrogens (tertiary/aromatic N) is 8. The first-order valence-electron chi connectivity index (χ1n) is 22.2. The van der Waals surface area contributed by atoms with Gasteiger partial charge in [0.15, 0.2) is 0 Å². The highest BCUT2D eigenvalue weighted by Crippen LogP contribution is 2.59. The van der Waals surface area contributed by atoms with Crippen molar-refractivity contribution in [3.63, 3.8) is 0 Å². The second-order valence-corrected chi connectivity index (χ2v) is 17.5. The first-order chi connectivity index (χ1) is 33.8. The highest BCUT2D eigenvalue weighted by molar-refractivity contribution is 7.78. The van der Waals surface area contributed by atoms with Crippen LogP contribution in [0.2, 0.25) is 0 Å². The Morgan fingerprint density at radius 1 is 0.352 bits per heavy atom. The number of thiocarbonyl (C=S) groups is 1. The van der Waals surface area contributed by atoms with Gasteiger partial charge in [0, 0.05) is 0 Å². The predicted octanol–water partition coefficient (Wildman–Crippen LogP) is 14.6. The summed E-state index contributed by atoms with van der Waals surface area (Å²) >= 11 is 4.93. The Labute approximate surface area is 413 Å². The molecular weight excluding hydrogens is 942 g/mol. The van der Waals surface area contributed by atoms with E-state index in [1.165, 1.54) is 84.9 Å². The van der Waals surface area contributed by atoms with E-state index in [0.717, 1.165) is 84.9 Å². The highest BCUT2D eigenvalue weighted by atomic mass is 32.1. The van der Waals surface area contributed by atoms with Gasteiger partial charge in [-0.2, -0.15) is 40.8 Å². The molecule has 0 bridgehead atoms. The average Bonchev–Trinajstić information content (AvgIpc) is 3.37. The second kappa shape index (κ2) is 20.6. The Morgan fingerprint density at radius 3 is 0.732 bits per heavy atom. The van der Waals surface area contributed by atoms with Crippen molar-refractivity contribution in [1.82, 2.24) is 0 Å². The summed E-state index contributed by atoms with van der Waals surface area (Å²) in [5.41, 5.74) is -12.3. The number of hydrogen-bond acceptors (Lipinski definition) is 9. The third kappa shape index (κ3) is 8.87. The van der Waals surface area contributed by atoms with Gasteiger partial charge in [0.05, 0.1) is 45.0 Å². The van der Waals surface area contributed by atoms with Crippen molar-refractivity contribution in [3.05, 3.63) is 209 Å². The molecule has 0 unspecified atom stereocenters. The minimum absolute atomic E-state index is 0.464. The molecule has 0 fully saturated rings. The second-order valence-electron chi connectivity index (χ2n) is 17.3. The Kier molecular flexibility index (Phi) is 14.8. The molecule has 366 valence electrons. The molecule has 0 heterocycles. The van der Waals surface area contributed by atoms with Crippen molar-refractivity contribution in [3.8, 4) is 0 Å². The molecule has 71 heavy (non-hydrogen) atoms. The number of aliphatic imine (C=N–C) groups is 1. The molecule has 0 spiro atoms. The fraction of sp³-hybridized carbons (Fsp3) is 0.185. The smallest absolute Gasteiger partial charge is 0.266 e. The molecule has 17 heteroatoms. The molecule has 0 atom stereocenters. The third-order valence-corrected chi connectivity index (χ3v) is 12.3. The molecule has 7 aromatic rings. The van der Waals surface area contributed by atoms with Crippen molar-refractivity contribution in [2.75, 3.05) is 35.9 Å². The molecule has 0 aliphatic heterocycles. The maximum absolute atomic E-state index is 20.2. The lowest BCUT2D eigenvalue weighted by Gasteiger charge is -2.64. The number of halogens is 7. The van der Waals surface area contributed by atoms with Crippen molar-refractivity contribution in [1.29, 1.82) is 0 Å². The number of isothiocyanates is 1. The zero-order chi connectivity index (χ0) is 51.4. The molecule has 7 rings (SSSR count). The number of hydrogen-bond donors (Lipinski definition) is 0. The fourth-order valence-corrected chi connectivity index (χ4v) is 8.38. The highest BCUT2D eigenvalue weighted by Gasteiger charge is 2.88. The molecule has 0 aromatic heterocycles. The summed E-state index contributed by atoms with van der Waals surface area (Å²) in [7, 11) is 0. The van der Waals surface area contributed by atoms with Gasteiger partial charge < -0.3 is 0 Å². The third-order valence-electron chi connectivity index (χ3n) is 12.2. The zero-order valence-corrected chi connectivity index (χ0v) is 40.5. The van der Waals surface area contributed by atoms with Gasteiger partial charge in [-0.3, -0.25) is 4.79 Å². The van der Waals surface area contributed by atoms with Crippen molar-refractivity contribution >= 4 is 63.1 Å². The summed E-state index contributed by atoms with van der Waals surface area (Å²) in [4.78, 5) is 19.6. The van der Waals surface area contributed by atoms with Crippen LogP contribution in [0.1, 0.15) is 38.9 Å². The lowest BCUT2D eigenvalue weighted by Crippen LogP contribution is -2.95. The van der Waals surface area contributed by atoms with Gasteiger partial charge >= 0.3 is 17.4 Å². The minimum Gasteiger partial charge on any atom is -0.266 e. The van der Waals surface area contributed by atoms with Gasteiger partial charge in [-0.05, 0) is 146 Å². The quantitative estimate of drug-likeness (QED) is 0.0292. The van der Waals surface area contributed by atoms with Gasteiger partial charge in [0.25, 0.3) is 5.66 Å². The number of benzene rings is 7. The Morgan fingerprint density at radius 2 is 0.535 bits per heavy atom. The van der Waals surface area contributed by atoms with Crippen LogP contribution in [0.25, 0.3) is 0 Å². The molecule has 0 saturated carbocycles. The first kappa shape index (κ1) is 51.0. The molecular formula is C54H49F7N8OS. The van der Waals surface area contributed by atoms with Gasteiger partial charge in [-0.15, -0.1) is 0 Å². The fourth-order valence-electron chi connectivity index (χ4n) is 8.29. The maximum Gasteiger partial charge on any atom is 0.325 e. The van der Waals surface area contributed by atoms with E-state index >= 15 is 36.2 Å². The van der Waals surface area contributed by atoms with Crippen LogP contribution in [0.5, 0.6) is 0 Å². The van der Waals surface area contributed by atoms with Crippen LogP contribution in [0.15, 0.2) is 175 Å². The monoisotopic (exact) mass is 990 g/mol. The number of carbonyl (C=O) groups is 1. The van der Waals surface area contributed by atoms with E-state index in [2.05, 4.69) is 4.99 Å². The summed E-state index contributed by atoms with van der Waals surface area (Å²) < 4.78 is 139. The van der Waals surface area contributed by atoms with Gasteiger partial charge in [0.2, 0.25) is 0 Å². The SMILES string of the molecule is Cc1ccc(N(F)C(C(=O)N=C=S)(N(F)c2ccc(C)cc2)C(N(F)c2ccc(C)cc2)(N(F)c2ccc(C)cc2)C(N(F)c2ccc(C)cc2)(N(F)c2ccc(C)cc2)N(F)c2ccc(C)cc2)cc1. The van der Waals surface area contributed by atoms with Crippen LogP contribution in [-0.2, 0) is 4.79 Å². The molecule has 0 aliphatic carbocycles. The number of amides is 1. The maximum atomic E-state index is 20.2. The molecule has 1 amide bonds. The lowest BCUT2D eigenvalue weighted by molar-refractivity contribution is -0.139. The topological polar surface area (TPSA) is 52.1 Å². The average molecular weight is 991 g/mol. The standard InChI is InChI=1S/C54H49F7N8OS/c1-37-8-22-44(23-9-37)63(55)52(51(70)62-36-71,64(56)45-24-10-38(2)11-25-45)53(65(57)46-26-12-39(3)13-27-46,66(58)47-28-14-40(4)15-29-47)54(67(59)48-30-16-41(5)17-31-48,68(60)49-32-18-42(6)19-33-49)69(61)50-34-20-43(7)21-35-50/h8-35H,1-7H3. The van der Waals surface area contributed by atoms with Crippen LogP contribution in [0.3, 0.4) is 0 Å². The van der Waals surface area contributed by atoms with E-state index in [4.69, 9.17) is 12.2 Å². The number of rotatable bonds is 17. The van der Waals surface area contributed by atoms with E-state index in [-0.39, 0.29) is 0 Å². The van der Waals surface area contributed by atoms with E-state index in [1.54, 1.807) is 53.6 Å². The summed E-state index contributed by atoms with van der Waals surface area (Å²) in [6, 6.07) is 32.7. The van der Waals surface area contributed by atoms with Crippen LogP contribution < -0.4 is 35.9 Å². The largest absolute Gasteiger partial charge is 0.325 e. The normalized spacial score (nSPS) is 11.6. The summed E-state index contributed by atoms with van der Waals surface area (Å²) in [6.45, 7) is 11.3. The predicted molar refractivity (Wildman–Crippen MR) is 272 cm³/mol. The summed E-state index contributed by atoms with van der Waals surface area (Å²) in [5.74, 6) is -7.08. The van der Waals surface area contributed by atoms with Crippen LogP contribution >= 0.6 is 12.2 Å². The van der Waals surface area contributed by atoms with Crippen molar-refractivity contribution in [2.45, 2.75) is 65.6 Å². The molecule has 0 radical (unpaired) electrons. The van der Waals surface area contributed by atoms with Gasteiger partial charge in [0.1, 0.15) is 0 Å². The van der Waals surface area contributed by atoms with E-state index < -0.39 is 98.7 Å². The van der Waals surface area contributed by atoms with Gasteiger partial charge in [-0.1, -0.05) is 155 Å². The molecule has 0 aliphatic rings. The van der Waals surface area contributed by atoms with Crippen molar-refractivity contribution < 1.29 is 36.2 Å². The summed E-state index contributed by atoms with van der Waals surface area (Å²) in [6.07, 6.45) is 0. The van der Waals surface area contributed by atoms with Crippen molar-refractivity contribution in [2.24, 2.45) is 4.99 Å². The van der Waals surface area contributed by atoms with E-state index in [0.29, 0.717) is 38.9 Å². The van der Waals surface area contributed by atoms with Crippen LogP contribution in [0, 0.1) is 48.5 Å². The minimum atomic E-state index is -4.98. The van der Waals surface area contributed by atoms with Gasteiger partial charge in [-0.25, -0.2) is 0 Å². The van der Waals surface area contributed by atoms with Crippen LogP contribution in [-0.4, -0.2) is 28.2 Å². The lowest BCUT2D eigenvalue weighted by atomic mass is 9.79. The molecule has 0 saturated heterocycles. The number of carbonyl (C=O) groups excluding carboxylic acids is 1. The Bertz CT molecular complexity index is 2750. The Hall–Kier alpha value is -7.88. The summed E-state index contributed by atoms with van der Waals surface area (Å²) in [5, 5.41) is -3.41. The first-order valence-corrected chi connectivity index (χ1v) is 22.6. The van der Waals surface area contributed by atoms with E-state index in [1.807, 2.05) is 0 Å². The van der Waals surface area contributed by atoms with Crippen LogP contribution in [0.4, 0.5) is 71.2 Å². The number of anilines is 7. The number of aryl methyl sites for hydroxylation is 7. The van der Waals surface area contributed by atoms with E-state index in [9.17, 15) is 0 Å². The molecule has 0 N–H and O–H groups in total. The molecule has 7 aromatic carbocycles. The molecule has 9 nitrogen and oxygen atoms in total. The zero-order valence-electron chi connectivity index (χ0n) is 39.7. The Balaban J connectivity index is 1.92.